The lowest BCUT2D eigenvalue weighted by Crippen LogP contribution is -2.25. The van der Waals surface area contributed by atoms with Crippen molar-refractivity contribution >= 4 is 5.97 Å². The van der Waals surface area contributed by atoms with E-state index < -0.39 is 0 Å². The Hall–Kier alpha value is -2.29. The predicted molar refractivity (Wildman–Crippen MR) is 129 cm³/mol. The van der Waals surface area contributed by atoms with Crippen LogP contribution >= 0.6 is 0 Å². The van der Waals surface area contributed by atoms with Gasteiger partial charge in [-0.2, -0.15) is 0 Å². The van der Waals surface area contributed by atoms with Crippen LogP contribution in [0.5, 0.6) is 11.5 Å². The van der Waals surface area contributed by atoms with Crippen molar-refractivity contribution in [3.63, 3.8) is 0 Å². The number of methoxy groups -OCH3 is 1. The van der Waals surface area contributed by atoms with Crippen molar-refractivity contribution < 1.29 is 14.3 Å². The van der Waals surface area contributed by atoms with E-state index in [9.17, 15) is 4.79 Å². The standard InChI is InChI=1S/C29H38O3/c1-3-4-21-5-7-22(8-6-21)23-9-11-24(12-10-23)25-13-15-26(16-14-25)29(30)32-28-19-17-27(31-2)18-20-28/h13-24H,3-12H2,1-2H3. The van der Waals surface area contributed by atoms with E-state index in [2.05, 4.69) is 19.1 Å². The summed E-state index contributed by atoms with van der Waals surface area (Å²) in [7, 11) is 1.62. The minimum Gasteiger partial charge on any atom is -0.497 e. The molecule has 0 unspecified atom stereocenters. The summed E-state index contributed by atoms with van der Waals surface area (Å²) in [6, 6.07) is 15.2. The van der Waals surface area contributed by atoms with Crippen LogP contribution in [0.25, 0.3) is 0 Å². The Morgan fingerprint density at radius 1 is 0.781 bits per heavy atom. The molecule has 4 rings (SSSR count). The van der Waals surface area contributed by atoms with Crippen molar-refractivity contribution in [2.75, 3.05) is 7.11 Å². The molecule has 2 fully saturated rings. The Kier molecular flexibility index (Phi) is 7.89. The number of esters is 1. The number of rotatable bonds is 7. The average Bonchev–Trinajstić information content (AvgIpc) is 2.85. The molecule has 3 heteroatoms. The van der Waals surface area contributed by atoms with E-state index in [-0.39, 0.29) is 5.97 Å². The van der Waals surface area contributed by atoms with Gasteiger partial charge in [0.05, 0.1) is 12.7 Å². The Morgan fingerprint density at radius 2 is 1.34 bits per heavy atom. The zero-order chi connectivity index (χ0) is 22.3. The molecular weight excluding hydrogens is 396 g/mol. The maximum atomic E-state index is 12.5. The fourth-order valence-corrected chi connectivity index (χ4v) is 5.98. The zero-order valence-corrected chi connectivity index (χ0v) is 19.7. The van der Waals surface area contributed by atoms with E-state index in [4.69, 9.17) is 9.47 Å². The van der Waals surface area contributed by atoms with Gasteiger partial charge in [0.15, 0.2) is 0 Å². The maximum Gasteiger partial charge on any atom is 0.343 e. The molecule has 0 aromatic heterocycles. The van der Waals surface area contributed by atoms with Crippen LogP contribution in [0.15, 0.2) is 48.5 Å². The Balaban J connectivity index is 1.26. The smallest absolute Gasteiger partial charge is 0.343 e. The highest BCUT2D eigenvalue weighted by molar-refractivity contribution is 5.91. The van der Waals surface area contributed by atoms with E-state index >= 15 is 0 Å². The number of carbonyl (C=O) groups excluding carboxylic acids is 1. The molecule has 0 heterocycles. The molecule has 3 nitrogen and oxygen atoms in total. The number of hydrogen-bond donors (Lipinski definition) is 0. The topological polar surface area (TPSA) is 35.5 Å². The molecule has 0 N–H and O–H groups in total. The van der Waals surface area contributed by atoms with Crippen LogP contribution in [0.3, 0.4) is 0 Å². The van der Waals surface area contributed by atoms with Gasteiger partial charge < -0.3 is 9.47 Å². The number of benzene rings is 2. The third-order valence-electron chi connectivity index (χ3n) is 7.91. The third-order valence-corrected chi connectivity index (χ3v) is 7.91. The Bertz CT molecular complexity index is 839. The quantitative estimate of drug-likeness (QED) is 0.329. The lowest BCUT2D eigenvalue weighted by molar-refractivity contribution is 0.0734. The molecule has 2 saturated carbocycles. The Morgan fingerprint density at radius 3 is 1.91 bits per heavy atom. The van der Waals surface area contributed by atoms with Crippen molar-refractivity contribution in [1.82, 2.24) is 0 Å². The summed E-state index contributed by atoms with van der Waals surface area (Å²) in [5.74, 6) is 4.50. The van der Waals surface area contributed by atoms with Crippen LogP contribution in [-0.4, -0.2) is 13.1 Å². The van der Waals surface area contributed by atoms with Crippen molar-refractivity contribution in [2.24, 2.45) is 17.8 Å². The molecule has 0 saturated heterocycles. The number of hydrogen-bond acceptors (Lipinski definition) is 3. The van der Waals surface area contributed by atoms with Crippen molar-refractivity contribution in [1.29, 1.82) is 0 Å². The number of ether oxygens (including phenoxy) is 2. The van der Waals surface area contributed by atoms with Gasteiger partial charge in [-0.1, -0.05) is 44.7 Å². The molecule has 172 valence electrons. The van der Waals surface area contributed by atoms with Crippen LogP contribution < -0.4 is 9.47 Å². The molecular formula is C29H38O3. The van der Waals surface area contributed by atoms with Crippen molar-refractivity contribution in [3.8, 4) is 11.5 Å². The van der Waals surface area contributed by atoms with Gasteiger partial charge in [-0.15, -0.1) is 0 Å². The molecule has 0 atom stereocenters. The minimum absolute atomic E-state index is 0.316. The van der Waals surface area contributed by atoms with E-state index in [1.54, 1.807) is 31.4 Å². The highest BCUT2D eigenvalue weighted by Gasteiger charge is 2.31. The maximum absolute atomic E-state index is 12.5. The summed E-state index contributed by atoms with van der Waals surface area (Å²) in [4.78, 5) is 12.5. The third kappa shape index (κ3) is 5.74. The molecule has 32 heavy (non-hydrogen) atoms. The van der Waals surface area contributed by atoms with Crippen LogP contribution in [0.1, 0.15) is 93.0 Å². The van der Waals surface area contributed by atoms with Gasteiger partial charge >= 0.3 is 5.97 Å². The average molecular weight is 435 g/mol. The van der Waals surface area contributed by atoms with Crippen LogP contribution in [-0.2, 0) is 0 Å². The molecule has 0 aliphatic heterocycles. The first-order chi connectivity index (χ1) is 15.7. The highest BCUT2D eigenvalue weighted by Crippen LogP contribution is 2.44. The second-order valence-corrected chi connectivity index (χ2v) is 9.87. The van der Waals surface area contributed by atoms with Crippen LogP contribution in [0, 0.1) is 17.8 Å². The Labute approximate surface area is 193 Å². The fourth-order valence-electron chi connectivity index (χ4n) is 5.98. The molecule has 2 aromatic carbocycles. The normalized spacial score (nSPS) is 25.8. The molecule has 2 aliphatic rings. The lowest BCUT2D eigenvalue weighted by Gasteiger charge is -2.38. The summed E-state index contributed by atoms with van der Waals surface area (Å²) in [5.41, 5.74) is 1.97. The SMILES string of the molecule is CCCC1CCC(C2CCC(c3ccc(C(=O)Oc4ccc(OC)cc4)cc3)CC2)CC1. The van der Waals surface area contributed by atoms with Gasteiger partial charge in [0, 0.05) is 0 Å². The van der Waals surface area contributed by atoms with Gasteiger partial charge in [0.25, 0.3) is 0 Å². The van der Waals surface area contributed by atoms with E-state index in [0.29, 0.717) is 17.2 Å². The highest BCUT2D eigenvalue weighted by atomic mass is 16.5. The van der Waals surface area contributed by atoms with Gasteiger partial charge in [0.1, 0.15) is 11.5 Å². The first kappa shape index (κ1) is 22.9. The van der Waals surface area contributed by atoms with Crippen LogP contribution in [0.2, 0.25) is 0 Å². The second kappa shape index (κ2) is 11.0. The fraction of sp³-hybridized carbons (Fsp3) is 0.552. The van der Waals surface area contributed by atoms with Gasteiger partial charge in [-0.05, 0) is 104 Å². The zero-order valence-electron chi connectivity index (χ0n) is 19.7. The summed E-state index contributed by atoms with van der Waals surface area (Å²) in [5, 5.41) is 0. The largest absolute Gasteiger partial charge is 0.497 e. The summed E-state index contributed by atoms with van der Waals surface area (Å²) >= 11 is 0. The molecule has 0 radical (unpaired) electrons. The summed E-state index contributed by atoms with van der Waals surface area (Å²) in [6.45, 7) is 2.32. The van der Waals surface area contributed by atoms with Crippen LogP contribution in [0.4, 0.5) is 0 Å². The molecule has 0 bridgehead atoms. The molecule has 0 spiro atoms. The monoisotopic (exact) mass is 434 g/mol. The number of carbonyl (C=O) groups is 1. The van der Waals surface area contributed by atoms with E-state index in [1.807, 2.05) is 12.1 Å². The van der Waals surface area contributed by atoms with Crippen molar-refractivity contribution in [3.05, 3.63) is 59.7 Å². The predicted octanol–water partition coefficient (Wildman–Crippen LogP) is 7.79. The first-order valence-corrected chi connectivity index (χ1v) is 12.6. The molecule has 0 amide bonds. The minimum atomic E-state index is -0.316. The van der Waals surface area contributed by atoms with Crippen molar-refractivity contribution in [2.45, 2.75) is 77.0 Å². The lowest BCUT2D eigenvalue weighted by atomic mass is 9.68. The summed E-state index contributed by atoms with van der Waals surface area (Å²) in [6.07, 6.45) is 13.9. The molecule has 2 aromatic rings. The van der Waals surface area contributed by atoms with Gasteiger partial charge in [-0.3, -0.25) is 0 Å². The van der Waals surface area contributed by atoms with E-state index in [1.165, 1.54) is 69.8 Å². The van der Waals surface area contributed by atoms with Gasteiger partial charge in [0.2, 0.25) is 0 Å². The first-order valence-electron chi connectivity index (χ1n) is 12.6. The second-order valence-electron chi connectivity index (χ2n) is 9.87. The summed E-state index contributed by atoms with van der Waals surface area (Å²) < 4.78 is 10.6. The van der Waals surface area contributed by atoms with Gasteiger partial charge in [-0.25, -0.2) is 4.79 Å². The van der Waals surface area contributed by atoms with E-state index in [0.717, 1.165) is 23.5 Å². The molecule has 2 aliphatic carbocycles.